The van der Waals surface area contributed by atoms with E-state index in [-0.39, 0.29) is 54.5 Å². The Morgan fingerprint density at radius 2 is 1.66 bits per heavy atom. The molecule has 0 bridgehead atoms. The molecule has 3 unspecified atom stereocenters. The molecule has 3 atom stereocenters. The largest absolute Gasteiger partial charge is 0.465 e. The Morgan fingerprint density at radius 1 is 1.06 bits per heavy atom. The molecule has 1 aliphatic carbocycles. The van der Waals surface area contributed by atoms with Crippen LogP contribution >= 0.6 is 0 Å². The van der Waals surface area contributed by atoms with Crippen molar-refractivity contribution in [2.75, 3.05) is 77.1 Å². The lowest BCUT2D eigenvalue weighted by Crippen LogP contribution is -2.56. The Balaban J connectivity index is 1.60. The average molecular weight is 494 g/mol. The fourth-order valence-electron chi connectivity index (χ4n) is 4.55. The number of nitrogen functional groups attached to an aromatic ring is 1. The zero-order valence-electron chi connectivity index (χ0n) is 21.2. The highest BCUT2D eigenvalue weighted by atomic mass is 16.5. The summed E-state index contributed by atoms with van der Waals surface area (Å²) in [6.45, 7) is 2.54. The Kier molecular flexibility index (Phi) is 9.33. The highest BCUT2D eigenvalue weighted by Crippen LogP contribution is 2.43. The van der Waals surface area contributed by atoms with Gasteiger partial charge in [-0.15, -0.1) is 0 Å². The van der Waals surface area contributed by atoms with Gasteiger partial charge in [0.05, 0.1) is 19.9 Å². The van der Waals surface area contributed by atoms with E-state index in [4.69, 9.17) is 15.2 Å². The van der Waals surface area contributed by atoms with E-state index in [1.54, 1.807) is 0 Å². The number of H-pyrrole nitrogens is 1. The number of ether oxygens (including phenoxy) is 2. The fraction of sp³-hybridized carbons (Fsp3) is 0.739. The van der Waals surface area contributed by atoms with Crippen LogP contribution in [0.1, 0.15) is 32.1 Å². The van der Waals surface area contributed by atoms with Crippen molar-refractivity contribution in [2.24, 2.45) is 11.8 Å². The number of esters is 2. The maximum Gasteiger partial charge on any atom is 0.305 e. The maximum absolute atomic E-state index is 12.3. The lowest BCUT2D eigenvalue weighted by atomic mass is 9.69. The van der Waals surface area contributed by atoms with Crippen LogP contribution < -0.4 is 21.5 Å². The van der Waals surface area contributed by atoms with Gasteiger partial charge in [0.25, 0.3) is 5.56 Å². The minimum Gasteiger partial charge on any atom is -0.465 e. The van der Waals surface area contributed by atoms with Crippen LogP contribution in [0.3, 0.4) is 0 Å². The molecule has 196 valence electrons. The number of fused-ring (bicyclic) bond motifs is 1. The summed E-state index contributed by atoms with van der Waals surface area (Å²) in [5.41, 5.74) is 5.83. The van der Waals surface area contributed by atoms with Gasteiger partial charge in [-0.3, -0.25) is 19.4 Å². The summed E-state index contributed by atoms with van der Waals surface area (Å²) in [7, 11) is 7.86. The van der Waals surface area contributed by atoms with Crippen molar-refractivity contribution in [1.82, 2.24) is 19.8 Å². The number of nitrogens with one attached hydrogen (secondary N) is 2. The molecule has 0 saturated heterocycles. The first-order chi connectivity index (χ1) is 16.7. The summed E-state index contributed by atoms with van der Waals surface area (Å²) in [5, 5.41) is 3.08. The normalized spacial score (nSPS) is 21.0. The predicted octanol–water partition coefficient (Wildman–Crippen LogP) is 0.316. The second kappa shape index (κ2) is 12.2. The first kappa shape index (κ1) is 26.7. The van der Waals surface area contributed by atoms with Gasteiger partial charge in [0.1, 0.15) is 5.69 Å². The van der Waals surface area contributed by atoms with Crippen LogP contribution in [0.5, 0.6) is 0 Å². The van der Waals surface area contributed by atoms with Gasteiger partial charge in [0, 0.05) is 30.7 Å². The SMILES string of the molecule is CN(C)CCCC(=O)OCC1CC(N2CNc3c2nc(N)[nH]c3=O)C1COC(=O)CCCN(C)C. The minimum absolute atomic E-state index is 0.0236. The maximum atomic E-state index is 12.3. The quantitative estimate of drug-likeness (QED) is 0.326. The molecule has 0 aromatic carbocycles. The van der Waals surface area contributed by atoms with Crippen LogP contribution in [0.2, 0.25) is 0 Å². The molecule has 1 fully saturated rings. The number of hydrogen-bond donors (Lipinski definition) is 3. The van der Waals surface area contributed by atoms with Crippen molar-refractivity contribution in [1.29, 1.82) is 0 Å². The van der Waals surface area contributed by atoms with Gasteiger partial charge in [-0.05, 0) is 60.5 Å². The van der Waals surface area contributed by atoms with Gasteiger partial charge >= 0.3 is 11.9 Å². The van der Waals surface area contributed by atoms with E-state index >= 15 is 0 Å². The van der Waals surface area contributed by atoms with Crippen molar-refractivity contribution in [3.8, 4) is 0 Å². The molecule has 2 aliphatic rings. The fourth-order valence-corrected chi connectivity index (χ4v) is 4.55. The molecule has 2 heterocycles. The van der Waals surface area contributed by atoms with Crippen molar-refractivity contribution in [3.05, 3.63) is 10.4 Å². The molecular weight excluding hydrogens is 454 g/mol. The molecule has 1 aromatic heterocycles. The number of aromatic amines is 1. The van der Waals surface area contributed by atoms with Gasteiger partial charge in [-0.25, -0.2) is 0 Å². The average Bonchev–Trinajstić information content (AvgIpc) is 3.16. The molecule has 1 aliphatic heterocycles. The molecule has 35 heavy (non-hydrogen) atoms. The van der Waals surface area contributed by atoms with E-state index in [1.165, 1.54) is 0 Å². The highest BCUT2D eigenvalue weighted by Gasteiger charge is 2.47. The number of carbonyl (C=O) groups excluding carboxylic acids is 2. The molecular formula is C23H39N7O5. The van der Waals surface area contributed by atoms with Crippen LogP contribution in [0.4, 0.5) is 17.5 Å². The summed E-state index contributed by atoms with van der Waals surface area (Å²) in [4.78, 5) is 49.6. The van der Waals surface area contributed by atoms with Crippen molar-refractivity contribution < 1.29 is 19.1 Å². The van der Waals surface area contributed by atoms with Crippen molar-refractivity contribution in [3.63, 3.8) is 0 Å². The Morgan fingerprint density at radius 3 is 2.26 bits per heavy atom. The second-order valence-electron chi connectivity index (χ2n) is 9.86. The van der Waals surface area contributed by atoms with E-state index in [1.807, 2.05) is 42.9 Å². The molecule has 1 aromatic rings. The van der Waals surface area contributed by atoms with E-state index < -0.39 is 0 Å². The number of nitrogens with two attached hydrogens (primary N) is 1. The monoisotopic (exact) mass is 493 g/mol. The zero-order chi connectivity index (χ0) is 25.5. The van der Waals surface area contributed by atoms with Crippen LogP contribution in [-0.4, -0.2) is 98.9 Å². The Hall–Kier alpha value is -2.86. The third kappa shape index (κ3) is 7.31. The lowest BCUT2D eigenvalue weighted by Gasteiger charge is -2.48. The molecule has 4 N–H and O–H groups in total. The van der Waals surface area contributed by atoms with E-state index in [0.717, 1.165) is 32.4 Å². The van der Waals surface area contributed by atoms with Crippen molar-refractivity contribution >= 4 is 29.4 Å². The van der Waals surface area contributed by atoms with Gasteiger partial charge in [-0.1, -0.05) is 0 Å². The van der Waals surface area contributed by atoms with Crippen LogP contribution in [0.25, 0.3) is 0 Å². The van der Waals surface area contributed by atoms with Crippen LogP contribution in [0, 0.1) is 11.8 Å². The number of rotatable bonds is 13. The molecule has 1 saturated carbocycles. The Labute approximate surface area is 206 Å². The van der Waals surface area contributed by atoms with E-state index in [9.17, 15) is 14.4 Å². The molecule has 0 radical (unpaired) electrons. The molecule has 12 heteroatoms. The van der Waals surface area contributed by atoms with Gasteiger partial charge in [0.2, 0.25) is 5.95 Å². The zero-order valence-corrected chi connectivity index (χ0v) is 21.2. The first-order valence-electron chi connectivity index (χ1n) is 12.2. The van der Waals surface area contributed by atoms with Crippen molar-refractivity contribution in [2.45, 2.75) is 38.1 Å². The second-order valence-corrected chi connectivity index (χ2v) is 9.86. The smallest absolute Gasteiger partial charge is 0.305 e. The summed E-state index contributed by atoms with van der Waals surface area (Å²) >= 11 is 0. The molecule has 0 spiro atoms. The molecule has 0 amide bonds. The summed E-state index contributed by atoms with van der Waals surface area (Å²) < 4.78 is 11.2. The Bertz CT molecular complexity index is 935. The topological polar surface area (TPSA) is 146 Å². The summed E-state index contributed by atoms with van der Waals surface area (Å²) in [5.74, 6) is 0.0827. The standard InChI is InChI=1S/C23H39N7O5/c1-28(2)9-5-7-18(31)34-12-15-11-17(16(15)13-35-19(32)8-6-10-29(3)4)30-14-25-20-21(30)26-23(24)27-22(20)33/h15-17,25H,5-14H2,1-4H3,(H3,24,26,27,33). The summed E-state index contributed by atoms with van der Waals surface area (Å²) in [6.07, 6.45) is 2.91. The number of nitrogens with zero attached hydrogens (tertiary/aromatic N) is 4. The van der Waals surface area contributed by atoms with E-state index in [2.05, 4.69) is 15.3 Å². The number of anilines is 3. The lowest BCUT2D eigenvalue weighted by molar-refractivity contribution is -0.153. The van der Waals surface area contributed by atoms with Gasteiger partial charge < -0.3 is 35.2 Å². The molecule has 3 rings (SSSR count). The number of hydrogen-bond acceptors (Lipinski definition) is 11. The number of carbonyl (C=O) groups is 2. The highest BCUT2D eigenvalue weighted by molar-refractivity contribution is 5.72. The third-order valence-corrected chi connectivity index (χ3v) is 6.53. The van der Waals surface area contributed by atoms with Crippen LogP contribution in [0.15, 0.2) is 4.79 Å². The minimum atomic E-state index is -0.318. The van der Waals surface area contributed by atoms with Crippen LogP contribution in [-0.2, 0) is 19.1 Å². The van der Waals surface area contributed by atoms with Gasteiger partial charge in [0.15, 0.2) is 5.82 Å². The third-order valence-electron chi connectivity index (χ3n) is 6.53. The molecule has 12 nitrogen and oxygen atoms in total. The predicted molar refractivity (Wildman–Crippen MR) is 133 cm³/mol. The number of aromatic nitrogens is 2. The summed E-state index contributed by atoms with van der Waals surface area (Å²) in [6, 6.07) is -0.0236. The van der Waals surface area contributed by atoms with E-state index in [0.29, 0.717) is 31.0 Å². The first-order valence-corrected chi connectivity index (χ1v) is 12.2. The van der Waals surface area contributed by atoms with Gasteiger partial charge in [-0.2, -0.15) is 4.98 Å².